The van der Waals surface area contributed by atoms with Gasteiger partial charge in [0, 0.05) is 36.9 Å². The minimum Gasteiger partial charge on any atom is -0.319 e. The summed E-state index contributed by atoms with van der Waals surface area (Å²) < 4.78 is 0. The smallest absolute Gasteiger partial charge is 0.319 e. The Kier molecular flexibility index (Phi) is 5.24. The van der Waals surface area contributed by atoms with Crippen LogP contribution in [0.5, 0.6) is 0 Å². The zero-order valence-corrected chi connectivity index (χ0v) is 18.2. The van der Waals surface area contributed by atoms with E-state index in [1.165, 1.54) is 16.7 Å². The van der Waals surface area contributed by atoms with Crippen LogP contribution in [0.15, 0.2) is 78.9 Å². The number of anilines is 1. The lowest BCUT2D eigenvalue weighted by atomic mass is 10.0. The molecule has 2 aliphatic heterocycles. The monoisotopic (exact) mass is 411 g/mol. The third-order valence-corrected chi connectivity index (χ3v) is 6.92. The van der Waals surface area contributed by atoms with Crippen molar-refractivity contribution in [3.8, 4) is 11.1 Å². The average Bonchev–Trinajstić information content (AvgIpc) is 3.41. The number of amides is 2. The third kappa shape index (κ3) is 3.84. The molecule has 158 valence electrons. The maximum absolute atomic E-state index is 13.0. The van der Waals surface area contributed by atoms with Gasteiger partial charge in [-0.3, -0.25) is 4.90 Å². The van der Waals surface area contributed by atoms with E-state index < -0.39 is 0 Å². The number of piperazine rings is 1. The maximum atomic E-state index is 13.0. The minimum atomic E-state index is 0.0168. The normalized spacial score (nSPS) is 21.3. The molecule has 3 unspecified atom stereocenters. The van der Waals surface area contributed by atoms with Crippen molar-refractivity contribution in [2.75, 3.05) is 18.4 Å². The van der Waals surface area contributed by atoms with Crippen LogP contribution >= 0.6 is 0 Å². The molecule has 2 fully saturated rings. The van der Waals surface area contributed by atoms with E-state index in [2.05, 4.69) is 72.6 Å². The number of benzene rings is 3. The molecule has 4 heteroatoms. The lowest BCUT2D eigenvalue weighted by Gasteiger charge is -2.38. The molecule has 0 spiro atoms. The second-order valence-corrected chi connectivity index (χ2v) is 8.80. The summed E-state index contributed by atoms with van der Waals surface area (Å²) in [5.41, 5.74) is 5.91. The van der Waals surface area contributed by atoms with E-state index in [9.17, 15) is 4.79 Å². The molecule has 0 aromatic heterocycles. The molecule has 0 aliphatic carbocycles. The summed E-state index contributed by atoms with van der Waals surface area (Å²) in [4.78, 5) is 17.6. The highest BCUT2D eigenvalue weighted by molar-refractivity contribution is 5.90. The van der Waals surface area contributed by atoms with Crippen LogP contribution in [0.4, 0.5) is 10.5 Å². The van der Waals surface area contributed by atoms with Gasteiger partial charge in [-0.15, -0.1) is 0 Å². The van der Waals surface area contributed by atoms with E-state index in [1.54, 1.807) is 0 Å². The highest BCUT2D eigenvalue weighted by Crippen LogP contribution is 2.37. The minimum absolute atomic E-state index is 0.0168. The number of rotatable bonds is 4. The van der Waals surface area contributed by atoms with Crippen molar-refractivity contribution in [2.45, 2.75) is 38.4 Å². The second kappa shape index (κ2) is 8.20. The molecule has 3 aromatic carbocycles. The summed E-state index contributed by atoms with van der Waals surface area (Å²) >= 11 is 0. The standard InChI is InChI=1S/C27H29N3O/c1-19-8-6-7-11-26(19)20(2)29-17-25-16-24(29)18-30(25)27(31)28-23-14-12-22(13-15-23)21-9-4-3-5-10-21/h3-15,20,24-25H,16-18H2,1-2H3,(H,28,31). The van der Waals surface area contributed by atoms with Crippen LogP contribution in [0.1, 0.15) is 30.5 Å². The predicted octanol–water partition coefficient (Wildman–Crippen LogP) is 5.71. The SMILES string of the molecule is Cc1ccccc1C(C)N1CC2CC1CN2C(=O)Nc1ccc(-c2ccccc2)cc1. The zero-order chi connectivity index (χ0) is 21.4. The zero-order valence-electron chi connectivity index (χ0n) is 18.2. The van der Waals surface area contributed by atoms with Crippen LogP contribution < -0.4 is 5.32 Å². The molecule has 3 atom stereocenters. The van der Waals surface area contributed by atoms with E-state index in [0.29, 0.717) is 18.1 Å². The van der Waals surface area contributed by atoms with E-state index in [1.807, 2.05) is 35.2 Å². The first kappa shape index (κ1) is 19.8. The molecule has 0 radical (unpaired) electrons. The van der Waals surface area contributed by atoms with E-state index >= 15 is 0 Å². The number of carbonyl (C=O) groups is 1. The maximum Gasteiger partial charge on any atom is 0.322 e. The summed E-state index contributed by atoms with van der Waals surface area (Å²) in [7, 11) is 0. The first-order chi connectivity index (χ1) is 15.1. The number of likely N-dealkylation sites (tertiary alicyclic amines) is 2. The fraction of sp³-hybridized carbons (Fsp3) is 0.296. The van der Waals surface area contributed by atoms with Crippen LogP contribution in [-0.2, 0) is 0 Å². The Morgan fingerprint density at radius 1 is 0.871 bits per heavy atom. The van der Waals surface area contributed by atoms with E-state index in [0.717, 1.165) is 30.8 Å². The van der Waals surface area contributed by atoms with E-state index in [-0.39, 0.29) is 6.03 Å². The van der Waals surface area contributed by atoms with Crippen molar-refractivity contribution in [1.82, 2.24) is 9.80 Å². The van der Waals surface area contributed by atoms with Crippen molar-refractivity contribution >= 4 is 11.7 Å². The summed E-state index contributed by atoms with van der Waals surface area (Å²) in [6.07, 6.45) is 1.07. The summed E-state index contributed by atoms with van der Waals surface area (Å²) in [6, 6.07) is 28.1. The molecule has 2 bridgehead atoms. The van der Waals surface area contributed by atoms with Gasteiger partial charge in [0.2, 0.25) is 0 Å². The first-order valence-electron chi connectivity index (χ1n) is 11.1. The Morgan fingerprint density at radius 3 is 2.23 bits per heavy atom. The summed E-state index contributed by atoms with van der Waals surface area (Å²) in [6.45, 7) is 6.22. The van der Waals surface area contributed by atoms with Crippen LogP contribution in [0.3, 0.4) is 0 Å². The molecule has 5 rings (SSSR count). The molecule has 2 heterocycles. The predicted molar refractivity (Wildman–Crippen MR) is 126 cm³/mol. The van der Waals surface area contributed by atoms with Crippen LogP contribution in [0.25, 0.3) is 11.1 Å². The number of aryl methyl sites for hydroxylation is 1. The molecule has 1 N–H and O–H groups in total. The fourth-order valence-corrected chi connectivity index (χ4v) is 5.23. The first-order valence-corrected chi connectivity index (χ1v) is 11.1. The Bertz CT molecular complexity index is 1060. The lowest BCUT2D eigenvalue weighted by molar-refractivity contribution is 0.115. The lowest BCUT2D eigenvalue weighted by Crippen LogP contribution is -2.50. The van der Waals surface area contributed by atoms with Crippen molar-refractivity contribution < 1.29 is 4.79 Å². The Hall–Kier alpha value is -3.11. The molecule has 31 heavy (non-hydrogen) atoms. The molecular weight excluding hydrogens is 382 g/mol. The molecule has 4 nitrogen and oxygen atoms in total. The van der Waals surface area contributed by atoms with E-state index in [4.69, 9.17) is 0 Å². The molecule has 3 aromatic rings. The summed E-state index contributed by atoms with van der Waals surface area (Å²) in [5.74, 6) is 0. The number of hydrogen-bond donors (Lipinski definition) is 1. The van der Waals surface area contributed by atoms with Gasteiger partial charge in [0.25, 0.3) is 0 Å². The quantitative estimate of drug-likeness (QED) is 0.596. The van der Waals surface area contributed by atoms with Gasteiger partial charge in [0.1, 0.15) is 0 Å². The average molecular weight is 412 g/mol. The third-order valence-electron chi connectivity index (χ3n) is 6.92. The number of fused-ring (bicyclic) bond motifs is 2. The van der Waals surface area contributed by atoms with Crippen LogP contribution in [0.2, 0.25) is 0 Å². The fourth-order valence-electron chi connectivity index (χ4n) is 5.23. The van der Waals surface area contributed by atoms with Crippen molar-refractivity contribution in [1.29, 1.82) is 0 Å². The van der Waals surface area contributed by atoms with Gasteiger partial charge < -0.3 is 10.2 Å². The number of hydrogen-bond acceptors (Lipinski definition) is 2. The van der Waals surface area contributed by atoms with Gasteiger partial charge >= 0.3 is 6.03 Å². The number of urea groups is 1. The number of nitrogens with zero attached hydrogens (tertiary/aromatic N) is 2. The highest BCUT2D eigenvalue weighted by atomic mass is 16.2. The molecule has 2 aliphatic rings. The van der Waals surface area contributed by atoms with Crippen molar-refractivity contribution in [3.05, 3.63) is 90.0 Å². The number of carbonyl (C=O) groups excluding carboxylic acids is 1. The topological polar surface area (TPSA) is 35.6 Å². The molecular formula is C27H29N3O. The Morgan fingerprint density at radius 2 is 1.55 bits per heavy atom. The Balaban J connectivity index is 1.21. The van der Waals surface area contributed by atoms with Gasteiger partial charge in [-0.1, -0.05) is 66.7 Å². The Labute approximate surface area is 184 Å². The number of nitrogens with one attached hydrogen (secondary N) is 1. The van der Waals surface area contributed by atoms with Crippen LogP contribution in [-0.4, -0.2) is 41.0 Å². The van der Waals surface area contributed by atoms with Crippen molar-refractivity contribution in [2.24, 2.45) is 0 Å². The van der Waals surface area contributed by atoms with Gasteiger partial charge in [-0.05, 0) is 54.7 Å². The van der Waals surface area contributed by atoms with Gasteiger partial charge in [-0.2, -0.15) is 0 Å². The molecule has 2 saturated heterocycles. The van der Waals surface area contributed by atoms with Gasteiger partial charge in [-0.25, -0.2) is 4.79 Å². The molecule has 2 amide bonds. The highest BCUT2D eigenvalue weighted by Gasteiger charge is 2.46. The van der Waals surface area contributed by atoms with Gasteiger partial charge in [0.15, 0.2) is 0 Å². The second-order valence-electron chi connectivity index (χ2n) is 8.80. The van der Waals surface area contributed by atoms with Crippen molar-refractivity contribution in [3.63, 3.8) is 0 Å². The summed E-state index contributed by atoms with van der Waals surface area (Å²) in [5, 5.41) is 3.10. The molecule has 0 saturated carbocycles. The van der Waals surface area contributed by atoms with Crippen LogP contribution in [0, 0.1) is 6.92 Å². The largest absolute Gasteiger partial charge is 0.322 e. The van der Waals surface area contributed by atoms with Gasteiger partial charge in [0.05, 0.1) is 0 Å².